The van der Waals surface area contributed by atoms with Crippen molar-refractivity contribution in [3.8, 4) is 0 Å². The summed E-state index contributed by atoms with van der Waals surface area (Å²) in [7, 11) is 3.38. The molecule has 0 unspecified atom stereocenters. The summed E-state index contributed by atoms with van der Waals surface area (Å²) in [5, 5.41) is 0. The Labute approximate surface area is 147 Å². The van der Waals surface area contributed by atoms with Crippen molar-refractivity contribution in [1.29, 1.82) is 0 Å². The molecule has 1 aromatic carbocycles. The molecule has 0 radical (unpaired) electrons. The van der Waals surface area contributed by atoms with E-state index in [1.807, 2.05) is 49.4 Å². The summed E-state index contributed by atoms with van der Waals surface area (Å²) in [6, 6.07) is 12.7. The van der Waals surface area contributed by atoms with E-state index >= 15 is 0 Å². The number of ether oxygens (including phenoxy) is 1. The lowest BCUT2D eigenvalue weighted by molar-refractivity contribution is -0.160. The average Bonchev–Trinajstić information content (AvgIpc) is 2.64. The van der Waals surface area contributed by atoms with Crippen LogP contribution in [0.4, 0.5) is 5.82 Å². The first-order chi connectivity index (χ1) is 12.0. The van der Waals surface area contributed by atoms with E-state index in [9.17, 15) is 9.59 Å². The summed E-state index contributed by atoms with van der Waals surface area (Å²) < 4.78 is 5.66. The van der Waals surface area contributed by atoms with Crippen LogP contribution in [0.15, 0.2) is 48.7 Å². The number of hydrogen-bond donors (Lipinski definition) is 0. The van der Waals surface area contributed by atoms with Crippen LogP contribution in [0, 0.1) is 6.92 Å². The van der Waals surface area contributed by atoms with Gasteiger partial charge in [-0.2, -0.15) is 0 Å². The molecule has 2 atom stereocenters. The Morgan fingerprint density at radius 2 is 1.96 bits per heavy atom. The van der Waals surface area contributed by atoms with Gasteiger partial charge < -0.3 is 9.64 Å². The molecule has 6 heteroatoms. The lowest BCUT2D eigenvalue weighted by Crippen LogP contribution is -2.53. The van der Waals surface area contributed by atoms with Gasteiger partial charge in [-0.25, -0.2) is 4.98 Å². The van der Waals surface area contributed by atoms with Gasteiger partial charge in [-0.15, -0.1) is 0 Å². The molecule has 1 fully saturated rings. The van der Waals surface area contributed by atoms with E-state index in [1.54, 1.807) is 25.2 Å². The van der Waals surface area contributed by atoms with Crippen LogP contribution in [0.1, 0.15) is 17.2 Å². The molecule has 1 aromatic heterocycles. The fourth-order valence-electron chi connectivity index (χ4n) is 3.09. The molecule has 1 aliphatic heterocycles. The SMILES string of the molecule is Cc1cccnc1N(C)C(=O)[C@H]1OCC(=O)N(C)[C@H]1c1ccccc1. The Hall–Kier alpha value is -2.73. The lowest BCUT2D eigenvalue weighted by atomic mass is 9.97. The molecule has 3 rings (SSSR count). The molecule has 2 heterocycles. The van der Waals surface area contributed by atoms with Crippen LogP contribution < -0.4 is 4.90 Å². The van der Waals surface area contributed by atoms with Crippen molar-refractivity contribution in [3.63, 3.8) is 0 Å². The number of carbonyl (C=O) groups excluding carboxylic acids is 2. The number of aromatic nitrogens is 1. The van der Waals surface area contributed by atoms with Crippen molar-refractivity contribution >= 4 is 17.6 Å². The Morgan fingerprint density at radius 3 is 2.64 bits per heavy atom. The predicted octanol–water partition coefficient (Wildman–Crippen LogP) is 1.95. The second-order valence-electron chi connectivity index (χ2n) is 6.13. The Kier molecular flexibility index (Phi) is 4.81. The van der Waals surface area contributed by atoms with Crippen LogP contribution in [0.2, 0.25) is 0 Å². The van der Waals surface area contributed by atoms with Gasteiger partial charge in [-0.05, 0) is 24.1 Å². The van der Waals surface area contributed by atoms with Gasteiger partial charge in [0, 0.05) is 20.3 Å². The third-order valence-electron chi connectivity index (χ3n) is 4.50. The van der Waals surface area contributed by atoms with Crippen molar-refractivity contribution < 1.29 is 14.3 Å². The molecule has 1 aliphatic rings. The van der Waals surface area contributed by atoms with Crippen LogP contribution in [0.3, 0.4) is 0 Å². The summed E-state index contributed by atoms with van der Waals surface area (Å²) in [4.78, 5) is 32.6. The largest absolute Gasteiger partial charge is 0.356 e. The summed E-state index contributed by atoms with van der Waals surface area (Å²) in [6.45, 7) is 1.80. The maximum Gasteiger partial charge on any atom is 0.259 e. The highest BCUT2D eigenvalue weighted by atomic mass is 16.5. The zero-order valence-electron chi connectivity index (χ0n) is 14.5. The molecule has 0 spiro atoms. The zero-order chi connectivity index (χ0) is 18.0. The smallest absolute Gasteiger partial charge is 0.259 e. The van der Waals surface area contributed by atoms with E-state index in [0.29, 0.717) is 5.82 Å². The van der Waals surface area contributed by atoms with Gasteiger partial charge in [0.05, 0.1) is 6.04 Å². The van der Waals surface area contributed by atoms with E-state index < -0.39 is 12.1 Å². The normalized spacial score (nSPS) is 20.4. The molecule has 0 aliphatic carbocycles. The second-order valence-corrected chi connectivity index (χ2v) is 6.13. The maximum atomic E-state index is 13.1. The first-order valence-electron chi connectivity index (χ1n) is 8.12. The number of benzene rings is 1. The monoisotopic (exact) mass is 339 g/mol. The van der Waals surface area contributed by atoms with Gasteiger partial charge in [0.2, 0.25) is 5.91 Å². The highest BCUT2D eigenvalue weighted by Crippen LogP contribution is 2.31. The fourth-order valence-corrected chi connectivity index (χ4v) is 3.09. The summed E-state index contributed by atoms with van der Waals surface area (Å²) in [5.41, 5.74) is 1.76. The summed E-state index contributed by atoms with van der Waals surface area (Å²) >= 11 is 0. The maximum absolute atomic E-state index is 13.1. The van der Waals surface area contributed by atoms with E-state index in [0.717, 1.165) is 11.1 Å². The number of anilines is 1. The average molecular weight is 339 g/mol. The van der Waals surface area contributed by atoms with Gasteiger partial charge >= 0.3 is 0 Å². The first kappa shape index (κ1) is 17.1. The van der Waals surface area contributed by atoms with Crippen LogP contribution in [0.5, 0.6) is 0 Å². The molecule has 0 bridgehead atoms. The number of aryl methyl sites for hydroxylation is 1. The molecular weight excluding hydrogens is 318 g/mol. The van der Waals surface area contributed by atoms with Gasteiger partial charge in [-0.3, -0.25) is 14.5 Å². The third kappa shape index (κ3) is 3.25. The number of likely N-dealkylation sites (N-methyl/N-ethyl adjacent to an activating group) is 2. The number of rotatable bonds is 3. The van der Waals surface area contributed by atoms with Crippen LogP contribution in [-0.2, 0) is 14.3 Å². The van der Waals surface area contributed by atoms with Crippen molar-refractivity contribution in [2.45, 2.75) is 19.1 Å². The number of pyridine rings is 1. The van der Waals surface area contributed by atoms with E-state index in [1.165, 1.54) is 4.90 Å². The number of nitrogens with zero attached hydrogens (tertiary/aromatic N) is 3. The highest BCUT2D eigenvalue weighted by Gasteiger charge is 2.41. The van der Waals surface area contributed by atoms with Crippen molar-refractivity contribution in [2.75, 3.05) is 25.6 Å². The number of morpholine rings is 1. The molecule has 130 valence electrons. The Balaban J connectivity index is 1.94. The molecule has 0 N–H and O–H groups in total. The second kappa shape index (κ2) is 7.03. The molecule has 1 saturated heterocycles. The van der Waals surface area contributed by atoms with Gasteiger partial charge in [-0.1, -0.05) is 36.4 Å². The van der Waals surface area contributed by atoms with Gasteiger partial charge in [0.25, 0.3) is 5.91 Å². The number of amides is 2. The van der Waals surface area contributed by atoms with Crippen molar-refractivity contribution in [1.82, 2.24) is 9.88 Å². The number of carbonyl (C=O) groups is 2. The zero-order valence-corrected chi connectivity index (χ0v) is 14.5. The predicted molar refractivity (Wildman–Crippen MR) is 94.1 cm³/mol. The first-order valence-corrected chi connectivity index (χ1v) is 8.12. The van der Waals surface area contributed by atoms with Gasteiger partial charge in [0.1, 0.15) is 12.4 Å². The molecule has 2 aromatic rings. The number of hydrogen-bond acceptors (Lipinski definition) is 4. The minimum atomic E-state index is -0.781. The third-order valence-corrected chi connectivity index (χ3v) is 4.50. The molecule has 0 saturated carbocycles. The van der Waals surface area contributed by atoms with Crippen molar-refractivity contribution in [3.05, 3.63) is 59.8 Å². The van der Waals surface area contributed by atoms with E-state index in [2.05, 4.69) is 4.98 Å². The van der Waals surface area contributed by atoms with E-state index in [-0.39, 0.29) is 18.4 Å². The molecule has 2 amide bonds. The quantitative estimate of drug-likeness (QED) is 0.857. The molecule has 6 nitrogen and oxygen atoms in total. The van der Waals surface area contributed by atoms with Crippen molar-refractivity contribution in [2.24, 2.45) is 0 Å². The highest BCUT2D eigenvalue weighted by molar-refractivity contribution is 5.97. The Morgan fingerprint density at radius 1 is 1.24 bits per heavy atom. The van der Waals surface area contributed by atoms with Crippen LogP contribution in [-0.4, -0.2) is 48.5 Å². The lowest BCUT2D eigenvalue weighted by Gasteiger charge is -2.39. The minimum Gasteiger partial charge on any atom is -0.356 e. The molecular formula is C19H21N3O3. The standard InChI is InChI=1S/C19H21N3O3/c1-13-8-7-11-20-18(13)22(3)19(24)17-16(14-9-5-4-6-10-14)21(2)15(23)12-25-17/h4-11,16-17H,12H2,1-3H3/t16-,17-/m0/s1. The summed E-state index contributed by atoms with van der Waals surface area (Å²) in [5.74, 6) is 0.215. The fraction of sp³-hybridized carbons (Fsp3) is 0.316. The van der Waals surface area contributed by atoms with Gasteiger partial charge in [0.15, 0.2) is 6.10 Å². The Bertz CT molecular complexity index is 778. The van der Waals surface area contributed by atoms with Crippen LogP contribution >= 0.6 is 0 Å². The molecule has 25 heavy (non-hydrogen) atoms. The van der Waals surface area contributed by atoms with E-state index in [4.69, 9.17) is 4.74 Å². The minimum absolute atomic E-state index is 0.106. The van der Waals surface area contributed by atoms with Crippen LogP contribution in [0.25, 0.3) is 0 Å². The topological polar surface area (TPSA) is 62.7 Å². The summed E-state index contributed by atoms with van der Waals surface area (Å²) in [6.07, 6.45) is 0.870.